The van der Waals surface area contributed by atoms with Gasteiger partial charge in [0.15, 0.2) is 0 Å². The molecule has 2 saturated carbocycles. The number of para-hydroxylation sites is 1. The Bertz CT molecular complexity index is 1200. The van der Waals surface area contributed by atoms with E-state index < -0.39 is 6.17 Å². The second-order valence-corrected chi connectivity index (χ2v) is 10.6. The van der Waals surface area contributed by atoms with Crippen LogP contribution in [0.4, 0.5) is 5.69 Å². The predicted molar refractivity (Wildman–Crippen MR) is 132 cm³/mol. The number of anilines is 1. The molecule has 2 aliphatic carbocycles. The average Bonchev–Trinajstić information content (AvgIpc) is 3.09. The molecule has 4 atom stereocenters. The van der Waals surface area contributed by atoms with Crippen molar-refractivity contribution in [1.82, 2.24) is 5.32 Å². The Balaban J connectivity index is 1.44. The van der Waals surface area contributed by atoms with Crippen LogP contribution in [0.5, 0.6) is 0 Å². The van der Waals surface area contributed by atoms with Crippen LogP contribution < -0.4 is 10.2 Å². The van der Waals surface area contributed by atoms with Crippen molar-refractivity contribution in [3.63, 3.8) is 0 Å². The molecule has 3 unspecified atom stereocenters. The lowest BCUT2D eigenvalue weighted by Crippen LogP contribution is -2.47. The van der Waals surface area contributed by atoms with Gasteiger partial charge in [-0.25, -0.2) is 4.99 Å². The highest BCUT2D eigenvalue weighted by Gasteiger charge is 2.66. The van der Waals surface area contributed by atoms with Gasteiger partial charge in [0.1, 0.15) is 5.78 Å². The number of fused-ring (bicyclic) bond motifs is 3. The van der Waals surface area contributed by atoms with Crippen LogP contribution in [-0.2, 0) is 14.4 Å². The third kappa shape index (κ3) is 3.23. The van der Waals surface area contributed by atoms with Crippen molar-refractivity contribution in [2.45, 2.75) is 46.2 Å². The van der Waals surface area contributed by atoms with Gasteiger partial charge in [-0.3, -0.25) is 14.4 Å². The van der Waals surface area contributed by atoms with E-state index in [-0.39, 0.29) is 46.7 Å². The Morgan fingerprint density at radius 1 is 1.06 bits per heavy atom. The highest BCUT2D eigenvalue weighted by atomic mass is 16.2. The molecule has 2 aromatic rings. The normalized spacial score (nSPS) is 29.5. The van der Waals surface area contributed by atoms with E-state index in [1.165, 1.54) is 0 Å². The number of hydrogen-bond donors (Lipinski definition) is 1. The Kier molecular flexibility index (Phi) is 5.23. The number of amides is 2. The Morgan fingerprint density at radius 3 is 2.41 bits per heavy atom. The molecular weight excluding hydrogens is 426 g/mol. The second kappa shape index (κ2) is 7.90. The number of benzene rings is 2. The summed E-state index contributed by atoms with van der Waals surface area (Å²) in [6.07, 6.45) is 0.886. The molecule has 3 aliphatic rings. The fraction of sp³-hybridized carbons (Fsp3) is 0.429. The van der Waals surface area contributed by atoms with Crippen LogP contribution in [0.2, 0.25) is 0 Å². The van der Waals surface area contributed by atoms with Crippen molar-refractivity contribution in [2.24, 2.45) is 27.7 Å². The summed E-state index contributed by atoms with van der Waals surface area (Å²) in [5, 5.41) is 2.85. The van der Waals surface area contributed by atoms with Crippen LogP contribution >= 0.6 is 0 Å². The number of likely N-dealkylation sites (N-methyl/N-ethyl adjacent to an activating group) is 1. The first-order chi connectivity index (χ1) is 16.1. The molecule has 6 heteroatoms. The summed E-state index contributed by atoms with van der Waals surface area (Å²) in [5.74, 6) is -0.537. The Labute approximate surface area is 200 Å². The van der Waals surface area contributed by atoms with Crippen LogP contribution in [0.15, 0.2) is 59.6 Å². The van der Waals surface area contributed by atoms with Crippen molar-refractivity contribution < 1.29 is 14.4 Å². The highest BCUT2D eigenvalue weighted by Crippen LogP contribution is 2.66. The molecule has 0 spiro atoms. The van der Waals surface area contributed by atoms with Gasteiger partial charge in [-0.1, -0.05) is 69.3 Å². The van der Waals surface area contributed by atoms with Gasteiger partial charge >= 0.3 is 0 Å². The lowest BCUT2D eigenvalue weighted by atomic mass is 9.70. The van der Waals surface area contributed by atoms with E-state index in [0.717, 1.165) is 29.7 Å². The number of Topliss-reactive ketones (excluding diaryl/α,β-unsaturated/α-hetero) is 1. The molecule has 176 valence electrons. The number of rotatable bonds is 4. The van der Waals surface area contributed by atoms with E-state index in [1.807, 2.05) is 61.5 Å². The van der Waals surface area contributed by atoms with Crippen LogP contribution in [0.25, 0.3) is 0 Å². The monoisotopic (exact) mass is 457 g/mol. The zero-order valence-electron chi connectivity index (χ0n) is 20.2. The van der Waals surface area contributed by atoms with Gasteiger partial charge in [-0.2, -0.15) is 0 Å². The lowest BCUT2D eigenvalue weighted by molar-refractivity contribution is -0.135. The maximum atomic E-state index is 13.3. The summed E-state index contributed by atoms with van der Waals surface area (Å²) >= 11 is 0. The average molecular weight is 458 g/mol. The van der Waals surface area contributed by atoms with Crippen LogP contribution in [0.1, 0.15) is 51.2 Å². The van der Waals surface area contributed by atoms with Crippen LogP contribution in [0, 0.1) is 22.7 Å². The molecule has 0 radical (unpaired) electrons. The highest BCUT2D eigenvalue weighted by molar-refractivity contribution is 6.20. The van der Waals surface area contributed by atoms with E-state index in [1.54, 1.807) is 11.9 Å². The summed E-state index contributed by atoms with van der Waals surface area (Å²) in [5.41, 5.74) is 2.61. The first-order valence-corrected chi connectivity index (χ1v) is 12.0. The maximum absolute atomic E-state index is 13.3. The molecule has 2 aromatic carbocycles. The third-order valence-electron chi connectivity index (χ3n) is 8.76. The number of carbonyl (C=O) groups is 3. The topological polar surface area (TPSA) is 78.8 Å². The van der Waals surface area contributed by atoms with Crippen molar-refractivity contribution in [2.75, 3.05) is 11.9 Å². The minimum atomic E-state index is -1.06. The molecule has 1 heterocycles. The largest absolute Gasteiger partial charge is 0.326 e. The van der Waals surface area contributed by atoms with Gasteiger partial charge in [-0.05, 0) is 30.2 Å². The molecule has 0 aromatic heterocycles. The zero-order chi connectivity index (χ0) is 24.3. The van der Waals surface area contributed by atoms with Gasteiger partial charge in [0.25, 0.3) is 5.91 Å². The van der Waals surface area contributed by atoms with E-state index in [4.69, 9.17) is 4.99 Å². The molecule has 1 N–H and O–H groups in total. The number of nitrogens with one attached hydrogen (secondary N) is 1. The van der Waals surface area contributed by atoms with Gasteiger partial charge in [0, 0.05) is 35.9 Å². The molecule has 1 aliphatic heterocycles. The fourth-order valence-electron chi connectivity index (χ4n) is 6.36. The van der Waals surface area contributed by atoms with Crippen molar-refractivity contribution in [3.05, 3.63) is 65.7 Å². The van der Waals surface area contributed by atoms with Crippen LogP contribution in [-0.4, -0.2) is 36.5 Å². The van der Waals surface area contributed by atoms with Gasteiger partial charge in [-0.15, -0.1) is 0 Å². The molecule has 2 bridgehead atoms. The molecule has 2 amide bonds. The van der Waals surface area contributed by atoms with Crippen molar-refractivity contribution in [1.29, 1.82) is 0 Å². The van der Waals surface area contributed by atoms with Crippen molar-refractivity contribution >= 4 is 29.0 Å². The minimum absolute atomic E-state index is 0.0964. The number of hydrogen-bond acceptors (Lipinski definition) is 4. The molecule has 34 heavy (non-hydrogen) atoms. The van der Waals surface area contributed by atoms with Gasteiger partial charge in [0.2, 0.25) is 12.1 Å². The number of benzodiazepines with no additional fused rings is 1. The minimum Gasteiger partial charge on any atom is -0.326 e. The second-order valence-electron chi connectivity index (χ2n) is 10.6. The van der Waals surface area contributed by atoms with Gasteiger partial charge < -0.3 is 10.2 Å². The number of aliphatic imine (C=N–C) groups is 1. The van der Waals surface area contributed by atoms with E-state index in [9.17, 15) is 14.4 Å². The number of carbonyl (C=O) groups excluding carboxylic acids is 3. The predicted octanol–water partition coefficient (Wildman–Crippen LogP) is 3.97. The molecule has 2 fully saturated rings. The first-order valence-electron chi connectivity index (χ1n) is 12.0. The lowest BCUT2D eigenvalue weighted by Gasteiger charge is -2.32. The number of ketones is 1. The smallest absolute Gasteiger partial charge is 0.272 e. The van der Waals surface area contributed by atoms with Gasteiger partial charge in [0.05, 0.1) is 11.4 Å². The molecule has 0 saturated heterocycles. The third-order valence-corrected chi connectivity index (χ3v) is 8.76. The standard InChI is InChI=1S/C28H31N3O3/c1-27(2)20-14-15-28(27,3)24(33)19(20)16-22(32)29-25-26(34)31(4)21-13-9-8-12-18(21)23(30-25)17-10-6-5-7-11-17/h5-13,19-20,25H,14-16H2,1-4H3,(H,29,32)/t19?,20?,25-,28?/m0/s1. The summed E-state index contributed by atoms with van der Waals surface area (Å²) in [4.78, 5) is 46.0. The van der Waals surface area contributed by atoms with E-state index >= 15 is 0 Å². The SMILES string of the molecule is CN1C(=O)[C@@H](NC(=O)CC2C(=O)C3(C)CCC2C3(C)C)N=C(c2ccccc2)c2ccccc21. The zero-order valence-corrected chi connectivity index (χ0v) is 20.2. The Hall–Kier alpha value is -3.28. The Morgan fingerprint density at radius 2 is 1.74 bits per heavy atom. The van der Waals surface area contributed by atoms with E-state index in [0.29, 0.717) is 5.71 Å². The van der Waals surface area contributed by atoms with Crippen LogP contribution in [0.3, 0.4) is 0 Å². The fourth-order valence-corrected chi connectivity index (χ4v) is 6.36. The maximum Gasteiger partial charge on any atom is 0.272 e. The number of nitrogens with zero attached hydrogens (tertiary/aromatic N) is 2. The summed E-state index contributed by atoms with van der Waals surface area (Å²) in [6.45, 7) is 6.35. The summed E-state index contributed by atoms with van der Waals surface area (Å²) < 4.78 is 0. The quantitative estimate of drug-likeness (QED) is 0.754. The first kappa shape index (κ1) is 22.5. The summed E-state index contributed by atoms with van der Waals surface area (Å²) in [7, 11) is 1.70. The molecule has 6 nitrogen and oxygen atoms in total. The summed E-state index contributed by atoms with van der Waals surface area (Å²) in [6, 6.07) is 17.3. The van der Waals surface area contributed by atoms with Crippen molar-refractivity contribution in [3.8, 4) is 0 Å². The molecule has 5 rings (SSSR count). The molecular formula is C28H31N3O3. The van der Waals surface area contributed by atoms with E-state index in [2.05, 4.69) is 19.2 Å².